The molecule has 0 aliphatic carbocycles. The molecule has 0 amide bonds. The zero-order chi connectivity index (χ0) is 9.45. The first-order chi connectivity index (χ1) is 5.68. The van der Waals surface area contributed by atoms with Crippen LogP contribution >= 0.6 is 0 Å². The predicted octanol–water partition coefficient (Wildman–Crippen LogP) is -0.0369. The molecule has 0 saturated heterocycles. The van der Waals surface area contributed by atoms with Gasteiger partial charge in [-0.15, -0.1) is 6.42 Å². The molecule has 0 aliphatic heterocycles. The Labute approximate surface area is 74.7 Å². The predicted molar refractivity (Wildman–Crippen MR) is 50.8 cm³/mol. The van der Waals surface area contributed by atoms with Gasteiger partial charge in [0, 0.05) is 13.2 Å². The molecule has 12 heavy (non-hydrogen) atoms. The Morgan fingerprint density at radius 1 is 1.67 bits per heavy atom. The fourth-order valence-corrected chi connectivity index (χ4v) is 0.774. The van der Waals surface area contributed by atoms with E-state index in [4.69, 9.17) is 16.9 Å². The lowest BCUT2D eigenvalue weighted by molar-refractivity contribution is 0.0896. The average Bonchev–Trinajstić information content (AvgIpc) is 2.11. The summed E-state index contributed by atoms with van der Waals surface area (Å²) < 4.78 is 5.28. The summed E-state index contributed by atoms with van der Waals surface area (Å²) in [7, 11) is 0. The van der Waals surface area contributed by atoms with Crippen molar-refractivity contribution in [2.75, 3.05) is 26.3 Å². The molecule has 0 aliphatic rings. The second-order valence-electron chi connectivity index (χ2n) is 2.96. The highest BCUT2D eigenvalue weighted by Crippen LogP contribution is 2.01. The van der Waals surface area contributed by atoms with Gasteiger partial charge in [0.1, 0.15) is 0 Å². The molecule has 0 radical (unpaired) electrons. The average molecular weight is 170 g/mol. The lowest BCUT2D eigenvalue weighted by Gasteiger charge is -2.28. The van der Waals surface area contributed by atoms with Crippen molar-refractivity contribution in [3.05, 3.63) is 0 Å². The van der Waals surface area contributed by atoms with Gasteiger partial charge in [0.05, 0.1) is 18.7 Å². The van der Waals surface area contributed by atoms with Crippen LogP contribution in [0.15, 0.2) is 0 Å². The van der Waals surface area contributed by atoms with Gasteiger partial charge in [0.2, 0.25) is 0 Å². The van der Waals surface area contributed by atoms with Gasteiger partial charge in [0.15, 0.2) is 0 Å². The summed E-state index contributed by atoms with van der Waals surface area (Å²) in [5, 5.41) is 3.14. The largest absolute Gasteiger partial charge is 0.380 e. The zero-order valence-electron chi connectivity index (χ0n) is 7.89. The van der Waals surface area contributed by atoms with Crippen LogP contribution in [0, 0.1) is 12.3 Å². The molecule has 3 nitrogen and oxygen atoms in total. The van der Waals surface area contributed by atoms with Crippen molar-refractivity contribution >= 4 is 0 Å². The number of terminal acetylenes is 1. The Morgan fingerprint density at radius 3 is 2.75 bits per heavy atom. The molecule has 70 valence electrons. The summed E-state index contributed by atoms with van der Waals surface area (Å²) >= 11 is 0. The molecule has 0 rings (SSSR count). The highest BCUT2D eigenvalue weighted by atomic mass is 16.5. The lowest BCUT2D eigenvalue weighted by Crippen LogP contribution is -2.52. The van der Waals surface area contributed by atoms with Crippen LogP contribution in [0.3, 0.4) is 0 Å². The minimum atomic E-state index is -0.192. The van der Waals surface area contributed by atoms with Gasteiger partial charge in [-0.05, 0) is 13.8 Å². The van der Waals surface area contributed by atoms with Crippen molar-refractivity contribution in [2.24, 2.45) is 5.73 Å². The first-order valence-electron chi connectivity index (χ1n) is 4.15. The molecule has 1 unspecified atom stereocenters. The number of hydrogen-bond acceptors (Lipinski definition) is 3. The van der Waals surface area contributed by atoms with Crippen molar-refractivity contribution < 1.29 is 4.74 Å². The topological polar surface area (TPSA) is 47.3 Å². The lowest BCUT2D eigenvalue weighted by atomic mass is 10.0. The number of rotatable bonds is 6. The Kier molecular flexibility index (Phi) is 5.73. The van der Waals surface area contributed by atoms with Gasteiger partial charge < -0.3 is 10.5 Å². The van der Waals surface area contributed by atoms with Crippen molar-refractivity contribution in [3.63, 3.8) is 0 Å². The van der Waals surface area contributed by atoms with Gasteiger partial charge >= 0.3 is 0 Å². The third-order valence-electron chi connectivity index (χ3n) is 1.69. The van der Waals surface area contributed by atoms with Crippen LogP contribution in [0.5, 0.6) is 0 Å². The van der Waals surface area contributed by atoms with E-state index in [0.29, 0.717) is 26.3 Å². The third-order valence-corrected chi connectivity index (χ3v) is 1.69. The Balaban J connectivity index is 3.79. The van der Waals surface area contributed by atoms with Crippen LogP contribution in [0.1, 0.15) is 13.8 Å². The zero-order valence-corrected chi connectivity index (χ0v) is 7.89. The number of ether oxygens (including phenoxy) is 1. The molecular weight excluding hydrogens is 152 g/mol. The second-order valence-corrected chi connectivity index (χ2v) is 2.96. The normalized spacial score (nSPS) is 15.2. The summed E-state index contributed by atoms with van der Waals surface area (Å²) in [6, 6.07) is 0. The minimum absolute atomic E-state index is 0.192. The van der Waals surface area contributed by atoms with Crippen LogP contribution in [0.4, 0.5) is 0 Å². The molecule has 0 heterocycles. The van der Waals surface area contributed by atoms with Crippen LogP contribution < -0.4 is 11.1 Å². The van der Waals surface area contributed by atoms with Gasteiger partial charge in [-0.2, -0.15) is 0 Å². The molecule has 3 heteroatoms. The first kappa shape index (κ1) is 11.4. The standard InChI is InChI=1S/C9H18N2O/c1-4-6-11-9(3,7-10)8-12-5-2/h1,11H,5-8,10H2,2-3H3. The van der Waals surface area contributed by atoms with Gasteiger partial charge in [-0.1, -0.05) is 5.92 Å². The van der Waals surface area contributed by atoms with Crippen molar-refractivity contribution in [1.82, 2.24) is 5.32 Å². The molecule has 1 atom stereocenters. The summed E-state index contributed by atoms with van der Waals surface area (Å²) in [4.78, 5) is 0. The SMILES string of the molecule is C#CCNC(C)(CN)COCC. The quantitative estimate of drug-likeness (QED) is 0.550. The van der Waals surface area contributed by atoms with Crippen LogP contribution in [0.2, 0.25) is 0 Å². The maximum Gasteiger partial charge on any atom is 0.0658 e. The number of hydrogen-bond donors (Lipinski definition) is 2. The van der Waals surface area contributed by atoms with Crippen LogP contribution in [-0.2, 0) is 4.74 Å². The molecule has 0 fully saturated rings. The maximum atomic E-state index is 5.58. The summed E-state index contributed by atoms with van der Waals surface area (Å²) in [6.07, 6.45) is 5.12. The molecule has 0 spiro atoms. The number of nitrogens with two attached hydrogens (primary N) is 1. The van der Waals surface area contributed by atoms with E-state index < -0.39 is 0 Å². The first-order valence-corrected chi connectivity index (χ1v) is 4.15. The fraction of sp³-hybridized carbons (Fsp3) is 0.778. The van der Waals surface area contributed by atoms with E-state index in [1.54, 1.807) is 0 Å². The highest BCUT2D eigenvalue weighted by molar-refractivity contribution is 4.93. The Bertz CT molecular complexity index is 153. The van der Waals surface area contributed by atoms with E-state index in [0.717, 1.165) is 0 Å². The summed E-state index contributed by atoms with van der Waals surface area (Å²) in [5.74, 6) is 2.51. The van der Waals surface area contributed by atoms with E-state index in [1.807, 2.05) is 13.8 Å². The van der Waals surface area contributed by atoms with Gasteiger partial charge in [-0.25, -0.2) is 0 Å². The van der Waals surface area contributed by atoms with E-state index in [9.17, 15) is 0 Å². The van der Waals surface area contributed by atoms with E-state index in [2.05, 4.69) is 11.2 Å². The molecule has 0 aromatic rings. The third kappa shape index (κ3) is 4.35. The molecule has 0 aromatic carbocycles. The fourth-order valence-electron chi connectivity index (χ4n) is 0.774. The summed E-state index contributed by atoms with van der Waals surface area (Å²) in [6.45, 7) is 6.31. The van der Waals surface area contributed by atoms with Gasteiger partial charge in [-0.3, -0.25) is 5.32 Å². The van der Waals surface area contributed by atoms with Crippen LogP contribution in [0.25, 0.3) is 0 Å². The van der Waals surface area contributed by atoms with Crippen LogP contribution in [-0.4, -0.2) is 31.8 Å². The monoisotopic (exact) mass is 170 g/mol. The maximum absolute atomic E-state index is 5.58. The van der Waals surface area contributed by atoms with Crippen molar-refractivity contribution in [2.45, 2.75) is 19.4 Å². The Morgan fingerprint density at radius 2 is 2.33 bits per heavy atom. The second kappa shape index (κ2) is 6.01. The van der Waals surface area contributed by atoms with E-state index in [-0.39, 0.29) is 5.54 Å². The van der Waals surface area contributed by atoms with E-state index in [1.165, 1.54) is 0 Å². The highest BCUT2D eigenvalue weighted by Gasteiger charge is 2.20. The summed E-state index contributed by atoms with van der Waals surface area (Å²) in [5.41, 5.74) is 5.39. The smallest absolute Gasteiger partial charge is 0.0658 e. The Hall–Kier alpha value is -0.560. The van der Waals surface area contributed by atoms with Crippen molar-refractivity contribution in [3.8, 4) is 12.3 Å². The molecular formula is C9H18N2O. The molecule has 0 saturated carbocycles. The minimum Gasteiger partial charge on any atom is -0.380 e. The van der Waals surface area contributed by atoms with E-state index >= 15 is 0 Å². The molecule has 0 aromatic heterocycles. The molecule has 3 N–H and O–H groups in total. The number of nitrogens with one attached hydrogen (secondary N) is 1. The van der Waals surface area contributed by atoms with Gasteiger partial charge in [0.25, 0.3) is 0 Å². The molecule has 0 bridgehead atoms. The van der Waals surface area contributed by atoms with Crippen molar-refractivity contribution in [1.29, 1.82) is 0 Å².